The largest absolute Gasteiger partial charge is 0.418 e. The Kier molecular flexibility index (Phi) is 4.65. The number of alkyl halides is 4. The zero-order valence-electron chi connectivity index (χ0n) is 7.54. The van der Waals surface area contributed by atoms with Gasteiger partial charge in [0.2, 0.25) is 0 Å². The van der Waals surface area contributed by atoms with Crippen LogP contribution in [0.15, 0.2) is 12.1 Å². The van der Waals surface area contributed by atoms with Crippen LogP contribution in [-0.4, -0.2) is 11.1 Å². The van der Waals surface area contributed by atoms with Gasteiger partial charge in [-0.3, -0.25) is 4.79 Å². The van der Waals surface area contributed by atoms with Gasteiger partial charge in [-0.05, 0) is 34.7 Å². The summed E-state index contributed by atoms with van der Waals surface area (Å²) in [5.41, 5.74) is -1.08. The molecule has 0 amide bonds. The van der Waals surface area contributed by atoms with Crippen molar-refractivity contribution < 1.29 is 18.0 Å². The highest BCUT2D eigenvalue weighted by atomic mass is 127. The fraction of sp³-hybridized carbons (Fsp3) is 0.222. The maximum Gasteiger partial charge on any atom is 0.418 e. The quantitative estimate of drug-likeness (QED) is 0.385. The maximum atomic E-state index is 12.6. The highest BCUT2D eigenvalue weighted by Crippen LogP contribution is 2.39. The Morgan fingerprint density at radius 2 is 2.00 bits per heavy atom. The lowest BCUT2D eigenvalue weighted by Gasteiger charge is -2.13. The molecule has 0 N–H and O–H groups in total. The Hall–Kier alpha value is 0.180. The van der Waals surface area contributed by atoms with Crippen molar-refractivity contribution in [3.63, 3.8) is 0 Å². The third-order valence-corrected chi connectivity index (χ3v) is 3.60. The van der Waals surface area contributed by atoms with Crippen LogP contribution in [0.5, 0.6) is 0 Å². The van der Waals surface area contributed by atoms with Gasteiger partial charge in [0.25, 0.3) is 0 Å². The molecule has 0 spiro atoms. The molecule has 16 heavy (non-hydrogen) atoms. The molecule has 0 aliphatic carbocycles. The molecule has 0 saturated heterocycles. The van der Waals surface area contributed by atoms with Crippen LogP contribution >= 0.6 is 50.1 Å². The molecule has 0 aliphatic heterocycles. The van der Waals surface area contributed by atoms with Crippen LogP contribution in [0.3, 0.4) is 0 Å². The molecule has 1 rings (SSSR count). The van der Waals surface area contributed by atoms with Crippen LogP contribution in [0, 0.1) is 3.57 Å². The van der Waals surface area contributed by atoms with Gasteiger partial charge < -0.3 is 0 Å². The van der Waals surface area contributed by atoms with Crippen LogP contribution in [0.4, 0.5) is 13.2 Å². The summed E-state index contributed by atoms with van der Waals surface area (Å²) in [5, 5.41) is -0.603. The topological polar surface area (TPSA) is 17.1 Å². The van der Waals surface area contributed by atoms with E-state index in [4.69, 9.17) is 11.6 Å². The van der Waals surface area contributed by atoms with Crippen LogP contribution in [0.2, 0.25) is 5.02 Å². The van der Waals surface area contributed by atoms with E-state index in [0.29, 0.717) is 0 Å². The van der Waals surface area contributed by atoms with E-state index < -0.39 is 22.5 Å². The predicted octanol–water partition coefficient (Wildman–Crippen LogP) is 4.54. The molecular weight excluding hydrogens is 423 g/mol. The highest BCUT2D eigenvalue weighted by molar-refractivity contribution is 14.1. The second-order valence-electron chi connectivity index (χ2n) is 2.84. The fourth-order valence-corrected chi connectivity index (χ4v) is 2.69. The maximum absolute atomic E-state index is 12.6. The summed E-state index contributed by atoms with van der Waals surface area (Å²) in [6.45, 7) is 0. The minimum atomic E-state index is -4.56. The second-order valence-corrected chi connectivity index (χ2v) is 4.94. The zero-order chi connectivity index (χ0) is 12.5. The summed E-state index contributed by atoms with van der Waals surface area (Å²) in [5.74, 6) is -0.480. The number of halogens is 6. The van der Waals surface area contributed by atoms with Crippen molar-refractivity contribution in [2.45, 2.75) is 6.18 Å². The first-order valence-electron chi connectivity index (χ1n) is 3.93. The van der Waals surface area contributed by atoms with Crippen LogP contribution in [-0.2, 0) is 6.18 Å². The molecule has 1 aromatic carbocycles. The van der Waals surface area contributed by atoms with Crippen LogP contribution in [0.1, 0.15) is 15.9 Å². The molecule has 0 unspecified atom stereocenters. The molecule has 0 bridgehead atoms. The van der Waals surface area contributed by atoms with Gasteiger partial charge in [0.15, 0.2) is 5.78 Å². The molecule has 0 aromatic heterocycles. The molecule has 1 nitrogen and oxygen atoms in total. The number of carbonyl (C=O) groups excluding carboxylic acids is 1. The van der Waals surface area contributed by atoms with Gasteiger partial charge in [-0.1, -0.05) is 27.5 Å². The molecule has 0 fully saturated rings. The van der Waals surface area contributed by atoms with Gasteiger partial charge in [-0.15, -0.1) is 0 Å². The molecule has 1 aromatic rings. The van der Waals surface area contributed by atoms with Crippen molar-refractivity contribution in [3.05, 3.63) is 31.9 Å². The van der Waals surface area contributed by atoms with Crippen molar-refractivity contribution >= 4 is 55.9 Å². The number of hydrogen-bond donors (Lipinski definition) is 0. The van der Waals surface area contributed by atoms with Crippen LogP contribution < -0.4 is 0 Å². The highest BCUT2D eigenvalue weighted by Gasteiger charge is 2.37. The number of carbonyl (C=O) groups is 1. The Morgan fingerprint density at radius 1 is 1.44 bits per heavy atom. The van der Waals surface area contributed by atoms with Crippen molar-refractivity contribution in [2.75, 3.05) is 5.33 Å². The SMILES string of the molecule is O=C(CBr)c1ccc(I)c(C(F)(F)F)c1Cl. The Balaban J connectivity index is 3.45. The number of Topliss-reactive ketones (excluding diaryl/α,β-unsaturated/α-hetero) is 1. The fourth-order valence-electron chi connectivity index (χ4n) is 1.10. The predicted molar refractivity (Wildman–Crippen MR) is 67.3 cm³/mol. The summed E-state index contributed by atoms with van der Waals surface area (Å²) in [6.07, 6.45) is -4.56. The van der Waals surface area contributed by atoms with E-state index in [2.05, 4.69) is 15.9 Å². The van der Waals surface area contributed by atoms with E-state index in [9.17, 15) is 18.0 Å². The summed E-state index contributed by atoms with van der Waals surface area (Å²) in [6, 6.07) is 2.52. The normalized spacial score (nSPS) is 11.6. The second kappa shape index (κ2) is 5.22. The van der Waals surface area contributed by atoms with Gasteiger partial charge in [-0.25, -0.2) is 0 Å². The monoisotopic (exact) mass is 426 g/mol. The van der Waals surface area contributed by atoms with Gasteiger partial charge in [-0.2, -0.15) is 13.2 Å². The van der Waals surface area contributed by atoms with E-state index in [1.54, 1.807) is 0 Å². The van der Waals surface area contributed by atoms with Crippen molar-refractivity contribution in [1.29, 1.82) is 0 Å². The lowest BCUT2D eigenvalue weighted by atomic mass is 10.1. The molecule has 0 aliphatic rings. The Labute approximate surface area is 117 Å². The number of rotatable bonds is 2. The Morgan fingerprint density at radius 3 is 2.44 bits per heavy atom. The lowest BCUT2D eigenvalue weighted by molar-refractivity contribution is -0.138. The first-order chi connectivity index (χ1) is 7.29. The van der Waals surface area contributed by atoms with Gasteiger partial charge in [0, 0.05) is 9.13 Å². The third kappa shape index (κ3) is 2.89. The van der Waals surface area contributed by atoms with E-state index in [0.717, 1.165) is 0 Å². The van der Waals surface area contributed by atoms with Gasteiger partial charge in [0.05, 0.1) is 15.9 Å². The van der Waals surface area contributed by atoms with Crippen molar-refractivity contribution in [2.24, 2.45) is 0 Å². The van der Waals surface area contributed by atoms with Gasteiger partial charge >= 0.3 is 6.18 Å². The average molecular weight is 427 g/mol. The number of benzene rings is 1. The lowest BCUT2D eigenvalue weighted by Crippen LogP contribution is -2.12. The first-order valence-corrected chi connectivity index (χ1v) is 6.51. The Bertz CT molecular complexity index is 433. The first kappa shape index (κ1) is 14.2. The smallest absolute Gasteiger partial charge is 0.293 e. The summed E-state index contributed by atoms with van der Waals surface area (Å²) >= 11 is 10.0. The van der Waals surface area contributed by atoms with Crippen molar-refractivity contribution in [1.82, 2.24) is 0 Å². The summed E-state index contributed by atoms with van der Waals surface area (Å²) in [7, 11) is 0. The van der Waals surface area contributed by atoms with Crippen LogP contribution in [0.25, 0.3) is 0 Å². The number of ketones is 1. The molecule has 0 atom stereocenters. The van der Waals surface area contributed by atoms with Gasteiger partial charge in [0.1, 0.15) is 0 Å². The molecule has 88 valence electrons. The number of hydrogen-bond acceptors (Lipinski definition) is 1. The molecule has 0 saturated carbocycles. The summed E-state index contributed by atoms with van der Waals surface area (Å²) in [4.78, 5) is 11.3. The third-order valence-electron chi connectivity index (χ3n) is 1.80. The van der Waals surface area contributed by atoms with Crippen molar-refractivity contribution in [3.8, 4) is 0 Å². The molecule has 0 radical (unpaired) electrons. The molecular formula is C9H4BrClF3IO. The molecule has 0 heterocycles. The summed E-state index contributed by atoms with van der Waals surface area (Å²) < 4.78 is 37.9. The minimum Gasteiger partial charge on any atom is -0.293 e. The van der Waals surface area contributed by atoms with E-state index in [1.165, 1.54) is 34.7 Å². The average Bonchev–Trinajstić information content (AvgIpc) is 2.14. The van der Waals surface area contributed by atoms with E-state index in [1.807, 2.05) is 0 Å². The minimum absolute atomic E-state index is 0.0266. The van der Waals surface area contributed by atoms with E-state index >= 15 is 0 Å². The standard InChI is InChI=1S/C9H4BrClF3IO/c10-3-6(16)4-1-2-5(15)7(8(4)11)9(12,13)14/h1-2H,3H2. The van der Waals surface area contributed by atoms with E-state index in [-0.39, 0.29) is 14.5 Å². The molecule has 7 heteroatoms. The zero-order valence-corrected chi connectivity index (χ0v) is 12.0.